The second-order valence-electron chi connectivity index (χ2n) is 6.36. The third-order valence-electron chi connectivity index (χ3n) is 4.52. The molecule has 0 spiro atoms. The third-order valence-corrected chi connectivity index (χ3v) is 4.97. The van der Waals surface area contributed by atoms with Gasteiger partial charge in [0.15, 0.2) is 0 Å². The minimum Gasteiger partial charge on any atom is -0.370 e. The van der Waals surface area contributed by atoms with Crippen LogP contribution in [0, 0.1) is 12.8 Å². The Bertz CT molecular complexity index is 859. The zero-order valence-corrected chi connectivity index (χ0v) is 15.2. The van der Waals surface area contributed by atoms with Crippen LogP contribution in [0.5, 0.6) is 0 Å². The van der Waals surface area contributed by atoms with Crippen molar-refractivity contribution in [1.29, 1.82) is 0 Å². The monoisotopic (exact) mass is 364 g/mol. The molecule has 0 aliphatic carbocycles. The molecule has 2 aromatic rings. The van der Waals surface area contributed by atoms with Crippen molar-refractivity contribution in [3.05, 3.63) is 39.0 Å². The van der Waals surface area contributed by atoms with Gasteiger partial charge in [-0.2, -0.15) is 10.2 Å². The molecule has 1 amide bonds. The number of hydrogen-bond donors (Lipinski definition) is 1. The van der Waals surface area contributed by atoms with Crippen molar-refractivity contribution < 1.29 is 4.79 Å². The van der Waals surface area contributed by atoms with E-state index < -0.39 is 0 Å². The number of nitrogens with zero attached hydrogens (tertiary/aromatic N) is 5. The summed E-state index contributed by atoms with van der Waals surface area (Å²) in [5, 5.41) is 11.5. The molecule has 1 atom stereocenters. The lowest BCUT2D eigenvalue weighted by Crippen LogP contribution is -2.32. The Morgan fingerprint density at radius 3 is 2.80 bits per heavy atom. The van der Waals surface area contributed by atoms with Gasteiger partial charge in [-0.25, -0.2) is 4.68 Å². The molecule has 9 heteroatoms. The molecule has 1 saturated heterocycles. The first-order valence-electron chi connectivity index (χ1n) is 8.12. The van der Waals surface area contributed by atoms with Crippen molar-refractivity contribution in [1.82, 2.24) is 24.9 Å². The number of aromatic nitrogens is 4. The van der Waals surface area contributed by atoms with Crippen molar-refractivity contribution in [3.8, 4) is 0 Å². The molecule has 0 bridgehead atoms. The molecular formula is C16H21ClN6O2. The average molecular weight is 365 g/mol. The predicted molar refractivity (Wildman–Crippen MR) is 95.1 cm³/mol. The van der Waals surface area contributed by atoms with Gasteiger partial charge in [0.25, 0.3) is 11.5 Å². The highest BCUT2D eigenvalue weighted by Crippen LogP contribution is 2.22. The number of hydrogen-bond acceptors (Lipinski definition) is 5. The quantitative estimate of drug-likeness (QED) is 0.864. The van der Waals surface area contributed by atoms with Crippen LogP contribution in [-0.4, -0.2) is 45.1 Å². The Labute approximate surface area is 150 Å². The van der Waals surface area contributed by atoms with E-state index >= 15 is 0 Å². The normalized spacial score (nSPS) is 17.1. The van der Waals surface area contributed by atoms with Gasteiger partial charge in [-0.1, -0.05) is 11.6 Å². The van der Waals surface area contributed by atoms with E-state index in [4.69, 9.17) is 11.6 Å². The molecule has 134 valence electrons. The number of nitrogens with one attached hydrogen (secondary N) is 1. The summed E-state index contributed by atoms with van der Waals surface area (Å²) in [5.41, 5.74) is 1.71. The first-order chi connectivity index (χ1) is 11.9. The van der Waals surface area contributed by atoms with E-state index in [0.29, 0.717) is 28.9 Å². The molecule has 1 fully saturated rings. The molecule has 0 saturated carbocycles. The van der Waals surface area contributed by atoms with E-state index in [9.17, 15) is 9.59 Å². The Balaban J connectivity index is 1.59. The van der Waals surface area contributed by atoms with Crippen LogP contribution in [0.1, 0.15) is 22.6 Å². The highest BCUT2D eigenvalue weighted by Gasteiger charge is 2.25. The summed E-state index contributed by atoms with van der Waals surface area (Å²) in [6.45, 7) is 3.93. The maximum absolute atomic E-state index is 12.4. The number of carbonyl (C=O) groups excluding carboxylic acids is 1. The smallest absolute Gasteiger partial charge is 0.271 e. The standard InChI is InChI=1S/C16H21ClN6O2/c1-10-14(17)15(22(3)20-10)16(25)18-7-11-4-5-23(9-11)12-6-13(24)21(2)19-8-12/h6,8,11H,4-5,7,9H2,1-3H3,(H,18,25)/t11-/m0/s1. The minimum atomic E-state index is -0.221. The molecule has 25 heavy (non-hydrogen) atoms. The lowest BCUT2D eigenvalue weighted by Gasteiger charge is -2.18. The number of anilines is 1. The first-order valence-corrected chi connectivity index (χ1v) is 8.50. The van der Waals surface area contributed by atoms with Gasteiger partial charge in [-0.15, -0.1) is 0 Å². The highest BCUT2D eigenvalue weighted by atomic mass is 35.5. The fourth-order valence-electron chi connectivity index (χ4n) is 3.07. The summed E-state index contributed by atoms with van der Waals surface area (Å²) in [7, 11) is 3.33. The predicted octanol–water partition coefficient (Wildman–Crippen LogP) is 0.732. The summed E-state index contributed by atoms with van der Waals surface area (Å²) in [5.74, 6) is 0.0860. The molecule has 0 aromatic carbocycles. The third kappa shape index (κ3) is 3.53. The van der Waals surface area contributed by atoms with Crippen LogP contribution in [0.2, 0.25) is 5.02 Å². The number of rotatable bonds is 4. The first kappa shape index (κ1) is 17.5. The van der Waals surface area contributed by atoms with Crippen molar-refractivity contribution in [2.24, 2.45) is 20.0 Å². The summed E-state index contributed by atoms with van der Waals surface area (Å²) in [4.78, 5) is 26.2. The van der Waals surface area contributed by atoms with E-state index in [0.717, 1.165) is 25.2 Å². The molecule has 3 rings (SSSR count). The van der Waals surface area contributed by atoms with E-state index in [1.165, 1.54) is 9.36 Å². The lowest BCUT2D eigenvalue weighted by atomic mass is 10.1. The maximum Gasteiger partial charge on any atom is 0.271 e. The van der Waals surface area contributed by atoms with Gasteiger partial charge in [0.05, 0.1) is 22.6 Å². The Morgan fingerprint density at radius 2 is 2.16 bits per heavy atom. The van der Waals surface area contributed by atoms with E-state index in [-0.39, 0.29) is 11.5 Å². The van der Waals surface area contributed by atoms with Crippen LogP contribution >= 0.6 is 11.6 Å². The van der Waals surface area contributed by atoms with Crippen molar-refractivity contribution >= 4 is 23.2 Å². The molecule has 0 radical (unpaired) electrons. The zero-order chi connectivity index (χ0) is 18.1. The van der Waals surface area contributed by atoms with E-state index in [2.05, 4.69) is 20.4 Å². The van der Waals surface area contributed by atoms with Gasteiger partial charge in [-0.3, -0.25) is 14.3 Å². The van der Waals surface area contributed by atoms with Crippen LogP contribution in [-0.2, 0) is 14.1 Å². The molecule has 1 N–H and O–H groups in total. The number of carbonyl (C=O) groups is 1. The minimum absolute atomic E-state index is 0.129. The van der Waals surface area contributed by atoms with Crippen molar-refractivity contribution in [3.63, 3.8) is 0 Å². The van der Waals surface area contributed by atoms with Crippen LogP contribution < -0.4 is 15.8 Å². The molecule has 1 aliphatic rings. The van der Waals surface area contributed by atoms with Gasteiger partial charge in [0.2, 0.25) is 0 Å². The van der Waals surface area contributed by atoms with Crippen molar-refractivity contribution in [2.45, 2.75) is 13.3 Å². The van der Waals surface area contributed by atoms with E-state index in [1.807, 2.05) is 0 Å². The van der Waals surface area contributed by atoms with Crippen molar-refractivity contribution in [2.75, 3.05) is 24.5 Å². The summed E-state index contributed by atoms with van der Waals surface area (Å²) in [6, 6.07) is 1.59. The maximum atomic E-state index is 12.4. The van der Waals surface area contributed by atoms with Crippen LogP contribution in [0.3, 0.4) is 0 Å². The summed E-state index contributed by atoms with van der Waals surface area (Å²) in [6.07, 6.45) is 2.63. The lowest BCUT2D eigenvalue weighted by molar-refractivity contribution is 0.0939. The van der Waals surface area contributed by atoms with Gasteiger partial charge in [0.1, 0.15) is 5.69 Å². The average Bonchev–Trinajstić information content (AvgIpc) is 3.13. The van der Waals surface area contributed by atoms with Crippen LogP contribution in [0.4, 0.5) is 5.69 Å². The second kappa shape index (κ2) is 6.87. The topological polar surface area (TPSA) is 85.1 Å². The summed E-state index contributed by atoms with van der Waals surface area (Å²) < 4.78 is 2.80. The fourth-order valence-corrected chi connectivity index (χ4v) is 3.31. The number of aryl methyl sites for hydroxylation is 3. The number of amides is 1. The molecule has 8 nitrogen and oxygen atoms in total. The Morgan fingerprint density at radius 1 is 1.40 bits per heavy atom. The molecule has 0 unspecified atom stereocenters. The molecule has 1 aliphatic heterocycles. The fraction of sp³-hybridized carbons (Fsp3) is 0.500. The summed E-state index contributed by atoms with van der Waals surface area (Å²) >= 11 is 6.14. The Hall–Kier alpha value is -2.35. The van der Waals surface area contributed by atoms with E-state index in [1.54, 1.807) is 33.3 Å². The van der Waals surface area contributed by atoms with Gasteiger partial charge >= 0.3 is 0 Å². The Kier molecular flexibility index (Phi) is 4.80. The second-order valence-corrected chi connectivity index (χ2v) is 6.74. The largest absolute Gasteiger partial charge is 0.370 e. The molecule has 2 aromatic heterocycles. The molecular weight excluding hydrogens is 344 g/mol. The van der Waals surface area contributed by atoms with Gasteiger partial charge in [-0.05, 0) is 19.3 Å². The highest BCUT2D eigenvalue weighted by molar-refractivity contribution is 6.34. The zero-order valence-electron chi connectivity index (χ0n) is 14.5. The van der Waals surface area contributed by atoms with Crippen LogP contribution in [0.15, 0.2) is 17.1 Å². The van der Waals surface area contributed by atoms with Gasteiger partial charge < -0.3 is 10.2 Å². The number of halogens is 1. The van der Waals surface area contributed by atoms with Crippen LogP contribution in [0.25, 0.3) is 0 Å². The SMILES string of the molecule is Cc1nn(C)c(C(=O)NC[C@@H]2CCN(c3cnn(C)c(=O)c3)C2)c1Cl. The molecule has 3 heterocycles. The van der Waals surface area contributed by atoms with Gasteiger partial charge in [0, 0.05) is 39.8 Å².